The number of pyridine rings is 1. The Morgan fingerprint density at radius 2 is 1.92 bits per heavy atom. The molecule has 3 rings (SSSR count). The van der Waals surface area contributed by atoms with Crippen LogP contribution >= 0.6 is 0 Å². The monoisotopic (exact) mass is 362 g/mol. The van der Waals surface area contributed by atoms with E-state index in [9.17, 15) is 9.59 Å². The van der Waals surface area contributed by atoms with Crippen molar-refractivity contribution in [1.82, 2.24) is 15.4 Å². The lowest BCUT2D eigenvalue weighted by Gasteiger charge is -2.34. The first-order valence-corrected chi connectivity index (χ1v) is 9.17. The molecule has 1 N–H and O–H groups in total. The molecule has 0 saturated carbocycles. The minimum atomic E-state index is -0.733. The minimum Gasteiger partial charge on any atom is -0.369 e. The molecule has 1 unspecified atom stereocenters. The van der Waals surface area contributed by atoms with E-state index in [1.54, 1.807) is 17.5 Å². The van der Waals surface area contributed by atoms with Gasteiger partial charge in [0.1, 0.15) is 12.4 Å². The maximum absolute atomic E-state index is 12.1. The number of ether oxygens (including phenoxy) is 1. The van der Waals surface area contributed by atoms with Crippen molar-refractivity contribution in [3.8, 4) is 0 Å². The Morgan fingerprint density at radius 3 is 2.58 bits per heavy atom. The number of nitrogens with zero attached hydrogens (tertiary/aromatic N) is 3. The first kappa shape index (κ1) is 18.8. The molecule has 0 radical (unpaired) electrons. The average molecular weight is 362 g/mol. The Morgan fingerprint density at radius 1 is 1.23 bits per heavy atom. The van der Waals surface area contributed by atoms with Gasteiger partial charge in [-0.15, -0.1) is 5.06 Å². The number of hydrogen-bond donors (Lipinski definition) is 1. The van der Waals surface area contributed by atoms with Gasteiger partial charge < -0.3 is 24.6 Å². The van der Waals surface area contributed by atoms with Crippen LogP contribution in [0.25, 0.3) is 0 Å². The van der Waals surface area contributed by atoms with Gasteiger partial charge in [-0.05, 0) is 38.1 Å². The van der Waals surface area contributed by atoms with E-state index in [1.807, 2.05) is 12.1 Å². The third-order valence-corrected chi connectivity index (χ3v) is 4.67. The SMILES string of the molecule is O=CC(CC(=O)ON1CCN(c2ccncc2)CC1)OC1CCNCC1. The van der Waals surface area contributed by atoms with Gasteiger partial charge in [-0.1, -0.05) is 0 Å². The van der Waals surface area contributed by atoms with Crippen LogP contribution < -0.4 is 10.2 Å². The average Bonchev–Trinajstić information content (AvgIpc) is 2.69. The second-order valence-corrected chi connectivity index (χ2v) is 6.55. The zero-order chi connectivity index (χ0) is 18.2. The van der Waals surface area contributed by atoms with E-state index < -0.39 is 12.1 Å². The maximum atomic E-state index is 12.1. The van der Waals surface area contributed by atoms with Crippen molar-refractivity contribution < 1.29 is 19.2 Å². The Kier molecular flexibility index (Phi) is 6.93. The van der Waals surface area contributed by atoms with E-state index in [2.05, 4.69) is 15.2 Å². The van der Waals surface area contributed by atoms with E-state index in [4.69, 9.17) is 9.57 Å². The standard InChI is InChI=1S/C18H26N4O4/c23-14-17(25-16-3-7-20-8-4-16)13-18(24)26-22-11-9-21(10-12-22)15-1-5-19-6-2-15/h1-2,5-6,14,16-17,20H,3-4,7-13H2. The van der Waals surface area contributed by atoms with Gasteiger partial charge in [-0.2, -0.15) is 0 Å². The summed E-state index contributed by atoms with van der Waals surface area (Å²) in [6.07, 6.45) is 5.20. The number of hydroxylamine groups is 2. The maximum Gasteiger partial charge on any atom is 0.328 e. The highest BCUT2D eigenvalue weighted by atomic mass is 16.7. The van der Waals surface area contributed by atoms with Crippen LogP contribution in [0.5, 0.6) is 0 Å². The van der Waals surface area contributed by atoms with Crippen molar-refractivity contribution in [2.75, 3.05) is 44.2 Å². The Balaban J connectivity index is 1.39. The van der Waals surface area contributed by atoms with Gasteiger partial charge in [0, 0.05) is 31.2 Å². The van der Waals surface area contributed by atoms with Crippen molar-refractivity contribution in [2.24, 2.45) is 0 Å². The fraction of sp³-hybridized carbons (Fsp3) is 0.611. The van der Waals surface area contributed by atoms with Gasteiger partial charge in [0.2, 0.25) is 0 Å². The van der Waals surface area contributed by atoms with Crippen molar-refractivity contribution >= 4 is 17.9 Å². The van der Waals surface area contributed by atoms with Crippen LogP contribution in [0.2, 0.25) is 0 Å². The number of rotatable bonds is 7. The van der Waals surface area contributed by atoms with E-state index in [-0.39, 0.29) is 12.5 Å². The summed E-state index contributed by atoms with van der Waals surface area (Å²) in [6, 6.07) is 3.93. The molecule has 0 aliphatic carbocycles. The van der Waals surface area contributed by atoms with E-state index in [0.29, 0.717) is 19.4 Å². The van der Waals surface area contributed by atoms with Crippen LogP contribution in [0.15, 0.2) is 24.5 Å². The second kappa shape index (κ2) is 9.61. The van der Waals surface area contributed by atoms with Gasteiger partial charge >= 0.3 is 5.97 Å². The van der Waals surface area contributed by atoms with E-state index >= 15 is 0 Å². The van der Waals surface area contributed by atoms with E-state index in [0.717, 1.165) is 44.7 Å². The summed E-state index contributed by atoms with van der Waals surface area (Å²) in [5.74, 6) is -0.423. The van der Waals surface area contributed by atoms with Crippen molar-refractivity contribution in [1.29, 1.82) is 0 Å². The molecule has 8 nitrogen and oxygen atoms in total. The molecular formula is C18H26N4O4. The molecule has 2 aliphatic rings. The molecule has 2 saturated heterocycles. The molecule has 3 heterocycles. The lowest BCUT2D eigenvalue weighted by molar-refractivity contribution is -0.195. The van der Waals surface area contributed by atoms with Crippen LogP contribution in [-0.4, -0.2) is 73.8 Å². The number of carbonyl (C=O) groups excluding carboxylic acids is 2. The number of aldehydes is 1. The van der Waals surface area contributed by atoms with Crippen molar-refractivity contribution in [3.05, 3.63) is 24.5 Å². The van der Waals surface area contributed by atoms with E-state index in [1.165, 1.54) is 0 Å². The predicted molar refractivity (Wildman–Crippen MR) is 95.6 cm³/mol. The summed E-state index contributed by atoms with van der Waals surface area (Å²) in [5, 5.41) is 4.90. The number of hydrogen-bond acceptors (Lipinski definition) is 8. The lowest BCUT2D eigenvalue weighted by atomic mass is 10.1. The largest absolute Gasteiger partial charge is 0.369 e. The summed E-state index contributed by atoms with van der Waals surface area (Å²) in [5.41, 5.74) is 1.11. The fourth-order valence-corrected chi connectivity index (χ4v) is 3.24. The summed E-state index contributed by atoms with van der Waals surface area (Å²) < 4.78 is 5.73. The molecule has 1 atom stereocenters. The third-order valence-electron chi connectivity index (χ3n) is 4.67. The second-order valence-electron chi connectivity index (χ2n) is 6.55. The first-order valence-electron chi connectivity index (χ1n) is 9.17. The molecule has 0 bridgehead atoms. The number of piperidine rings is 1. The fourth-order valence-electron chi connectivity index (χ4n) is 3.24. The molecule has 0 aromatic carbocycles. The summed E-state index contributed by atoms with van der Waals surface area (Å²) >= 11 is 0. The molecule has 1 aromatic heterocycles. The molecule has 26 heavy (non-hydrogen) atoms. The van der Waals surface area contributed by atoms with Gasteiger partial charge in [-0.25, -0.2) is 0 Å². The number of carbonyl (C=O) groups is 2. The van der Waals surface area contributed by atoms with Gasteiger partial charge in [0.05, 0.1) is 25.6 Å². The highest BCUT2D eigenvalue weighted by Crippen LogP contribution is 2.16. The van der Waals surface area contributed by atoms with Crippen molar-refractivity contribution in [2.45, 2.75) is 31.5 Å². The molecule has 0 spiro atoms. The van der Waals surface area contributed by atoms with Crippen LogP contribution in [0.3, 0.4) is 0 Å². The molecule has 2 aliphatic heterocycles. The Hall–Kier alpha value is -2.03. The minimum absolute atomic E-state index is 0.0307. The normalized spacial score (nSPS) is 20.5. The topological polar surface area (TPSA) is 84.0 Å². The molecular weight excluding hydrogens is 336 g/mol. The lowest BCUT2D eigenvalue weighted by Crippen LogP contribution is -2.47. The molecule has 0 amide bonds. The molecule has 8 heteroatoms. The number of anilines is 1. The molecule has 2 fully saturated rings. The highest BCUT2D eigenvalue weighted by molar-refractivity contribution is 5.74. The summed E-state index contributed by atoms with van der Waals surface area (Å²) in [6.45, 7) is 4.52. The predicted octanol–water partition coefficient (Wildman–Crippen LogP) is 0.388. The van der Waals surface area contributed by atoms with Crippen LogP contribution in [0.1, 0.15) is 19.3 Å². The molecule has 142 valence electrons. The third kappa shape index (κ3) is 5.48. The molecule has 1 aromatic rings. The zero-order valence-corrected chi connectivity index (χ0v) is 14.9. The first-order chi connectivity index (χ1) is 12.7. The number of piperazine rings is 1. The summed E-state index contributed by atoms with van der Waals surface area (Å²) in [4.78, 5) is 35.0. The van der Waals surface area contributed by atoms with Crippen LogP contribution in [-0.2, 0) is 19.2 Å². The zero-order valence-electron chi connectivity index (χ0n) is 14.9. The van der Waals surface area contributed by atoms with Crippen molar-refractivity contribution in [3.63, 3.8) is 0 Å². The van der Waals surface area contributed by atoms with Gasteiger partial charge in [0.25, 0.3) is 0 Å². The Labute approximate surface area is 153 Å². The van der Waals surface area contributed by atoms with Crippen LogP contribution in [0, 0.1) is 0 Å². The highest BCUT2D eigenvalue weighted by Gasteiger charge is 2.24. The smallest absolute Gasteiger partial charge is 0.328 e. The Bertz CT molecular complexity index is 572. The van der Waals surface area contributed by atoms with Crippen LogP contribution in [0.4, 0.5) is 5.69 Å². The van der Waals surface area contributed by atoms with Gasteiger partial charge in [0.15, 0.2) is 0 Å². The summed E-state index contributed by atoms with van der Waals surface area (Å²) in [7, 11) is 0. The van der Waals surface area contributed by atoms with Gasteiger partial charge in [-0.3, -0.25) is 9.78 Å². The number of aromatic nitrogens is 1. The number of nitrogens with one attached hydrogen (secondary N) is 1. The quantitative estimate of drug-likeness (QED) is 0.698.